The summed E-state index contributed by atoms with van der Waals surface area (Å²) in [6, 6.07) is -0.134. The molecule has 0 radical (unpaired) electrons. The molecule has 2 amide bonds. The zero-order chi connectivity index (χ0) is 15.3. The SMILES string of the molecule is CCC(SC)C(=O)N(C)C[C@@H]1C[C@H](F)CN1CC(N)=O. The van der Waals surface area contributed by atoms with Gasteiger partial charge in [0.05, 0.1) is 11.8 Å². The third kappa shape index (κ3) is 4.63. The van der Waals surface area contributed by atoms with E-state index in [9.17, 15) is 14.0 Å². The predicted molar refractivity (Wildman–Crippen MR) is 79.3 cm³/mol. The van der Waals surface area contributed by atoms with E-state index in [1.165, 1.54) is 11.8 Å². The summed E-state index contributed by atoms with van der Waals surface area (Å²) in [5.74, 6) is -0.407. The van der Waals surface area contributed by atoms with Gasteiger partial charge in [-0.05, 0) is 19.1 Å². The Bertz CT molecular complexity index is 353. The molecule has 0 bridgehead atoms. The van der Waals surface area contributed by atoms with Crippen molar-refractivity contribution in [3.05, 3.63) is 0 Å². The van der Waals surface area contributed by atoms with Gasteiger partial charge in [-0.15, -0.1) is 0 Å². The lowest BCUT2D eigenvalue weighted by atomic mass is 10.2. The maximum atomic E-state index is 13.5. The number of halogens is 1. The van der Waals surface area contributed by atoms with E-state index < -0.39 is 12.1 Å². The van der Waals surface area contributed by atoms with Crippen LogP contribution in [0.5, 0.6) is 0 Å². The molecule has 116 valence electrons. The number of rotatable bonds is 7. The first-order valence-electron chi connectivity index (χ1n) is 6.83. The van der Waals surface area contributed by atoms with Gasteiger partial charge in [0.15, 0.2) is 0 Å². The molecule has 1 heterocycles. The number of likely N-dealkylation sites (tertiary alicyclic amines) is 1. The van der Waals surface area contributed by atoms with Gasteiger partial charge in [0.1, 0.15) is 6.17 Å². The quantitative estimate of drug-likeness (QED) is 0.743. The Labute approximate surface area is 124 Å². The van der Waals surface area contributed by atoms with Crippen LogP contribution < -0.4 is 5.73 Å². The van der Waals surface area contributed by atoms with Gasteiger partial charge in [-0.1, -0.05) is 6.92 Å². The number of hydrogen-bond donors (Lipinski definition) is 1. The van der Waals surface area contributed by atoms with E-state index in [1.807, 2.05) is 13.2 Å². The number of carbonyl (C=O) groups excluding carboxylic acids is 2. The molecular formula is C13H24FN3O2S. The molecule has 1 aliphatic rings. The third-order valence-electron chi connectivity index (χ3n) is 3.63. The van der Waals surface area contributed by atoms with Crippen molar-refractivity contribution in [1.29, 1.82) is 0 Å². The normalized spacial score (nSPS) is 24.6. The van der Waals surface area contributed by atoms with Crippen LogP contribution >= 0.6 is 11.8 Å². The molecule has 1 unspecified atom stereocenters. The minimum atomic E-state index is -0.953. The Kier molecular flexibility index (Phi) is 6.75. The lowest BCUT2D eigenvalue weighted by Gasteiger charge is -2.29. The van der Waals surface area contributed by atoms with E-state index in [0.717, 1.165) is 6.42 Å². The summed E-state index contributed by atoms with van der Waals surface area (Å²) < 4.78 is 13.5. The van der Waals surface area contributed by atoms with Crippen LogP contribution in [-0.2, 0) is 9.59 Å². The minimum Gasteiger partial charge on any atom is -0.369 e. The van der Waals surface area contributed by atoms with E-state index in [2.05, 4.69) is 0 Å². The molecule has 1 aliphatic heterocycles. The van der Waals surface area contributed by atoms with Crippen LogP contribution in [0, 0.1) is 0 Å². The van der Waals surface area contributed by atoms with Crippen molar-refractivity contribution in [2.75, 3.05) is 32.9 Å². The van der Waals surface area contributed by atoms with Crippen LogP contribution in [0.1, 0.15) is 19.8 Å². The molecule has 1 fully saturated rings. The molecule has 0 spiro atoms. The molecule has 1 rings (SSSR count). The summed E-state index contributed by atoms with van der Waals surface area (Å²) in [6.45, 7) is 2.67. The Hall–Kier alpha value is -0.820. The molecule has 5 nitrogen and oxygen atoms in total. The van der Waals surface area contributed by atoms with Gasteiger partial charge < -0.3 is 10.6 Å². The number of carbonyl (C=O) groups is 2. The van der Waals surface area contributed by atoms with Crippen molar-refractivity contribution in [3.8, 4) is 0 Å². The summed E-state index contributed by atoms with van der Waals surface area (Å²) in [7, 11) is 1.73. The largest absolute Gasteiger partial charge is 0.369 e. The summed E-state index contributed by atoms with van der Waals surface area (Å²) in [4.78, 5) is 26.6. The number of primary amides is 1. The summed E-state index contributed by atoms with van der Waals surface area (Å²) in [5.41, 5.74) is 5.17. The second kappa shape index (κ2) is 7.83. The van der Waals surface area contributed by atoms with Crippen LogP contribution in [0.2, 0.25) is 0 Å². The van der Waals surface area contributed by atoms with Crippen LogP contribution in [0.15, 0.2) is 0 Å². The topological polar surface area (TPSA) is 66.6 Å². The standard InChI is InChI=1S/C13H24FN3O2S/c1-4-11(20-3)13(19)16(2)7-10-5-9(14)6-17(10)8-12(15)18/h9-11H,4-8H2,1-3H3,(H2,15,18)/t9-,10-,11?/m0/s1. The van der Waals surface area contributed by atoms with Gasteiger partial charge in [0, 0.05) is 26.2 Å². The molecule has 0 aromatic carbocycles. The van der Waals surface area contributed by atoms with Crippen molar-refractivity contribution in [2.45, 2.75) is 37.2 Å². The Balaban J connectivity index is 2.60. The Morgan fingerprint density at radius 1 is 1.55 bits per heavy atom. The fraction of sp³-hybridized carbons (Fsp3) is 0.846. The molecule has 0 saturated carbocycles. The summed E-state index contributed by atoms with van der Waals surface area (Å²) in [6.07, 6.45) is 2.07. The van der Waals surface area contributed by atoms with Gasteiger partial charge in [0.25, 0.3) is 0 Å². The first-order valence-corrected chi connectivity index (χ1v) is 8.12. The third-order valence-corrected chi connectivity index (χ3v) is 4.73. The van der Waals surface area contributed by atoms with Crippen molar-refractivity contribution in [2.24, 2.45) is 5.73 Å². The number of nitrogens with zero attached hydrogens (tertiary/aromatic N) is 2. The van der Waals surface area contributed by atoms with Crippen molar-refractivity contribution >= 4 is 23.6 Å². The van der Waals surface area contributed by atoms with Crippen molar-refractivity contribution in [1.82, 2.24) is 9.80 Å². The van der Waals surface area contributed by atoms with Gasteiger partial charge in [-0.25, -0.2) is 4.39 Å². The molecule has 20 heavy (non-hydrogen) atoms. The molecule has 7 heteroatoms. The van der Waals surface area contributed by atoms with Crippen LogP contribution in [-0.4, -0.2) is 72.0 Å². The van der Waals surface area contributed by atoms with Crippen LogP contribution in [0.25, 0.3) is 0 Å². The fourth-order valence-electron chi connectivity index (χ4n) is 2.60. The number of hydrogen-bond acceptors (Lipinski definition) is 4. The first-order chi connectivity index (χ1) is 9.38. The average molecular weight is 305 g/mol. The highest BCUT2D eigenvalue weighted by molar-refractivity contribution is 7.99. The number of likely N-dealkylation sites (N-methyl/N-ethyl adjacent to an activating group) is 1. The summed E-state index contributed by atoms with van der Waals surface area (Å²) in [5, 5.41) is -0.0628. The molecule has 1 saturated heterocycles. The van der Waals surface area contributed by atoms with E-state index in [4.69, 9.17) is 5.73 Å². The Morgan fingerprint density at radius 3 is 2.70 bits per heavy atom. The smallest absolute Gasteiger partial charge is 0.235 e. The zero-order valence-corrected chi connectivity index (χ0v) is 13.2. The van der Waals surface area contributed by atoms with Gasteiger partial charge in [-0.3, -0.25) is 14.5 Å². The second-order valence-electron chi connectivity index (χ2n) is 5.23. The molecule has 0 aromatic rings. The molecular weight excluding hydrogens is 281 g/mol. The summed E-state index contributed by atoms with van der Waals surface area (Å²) >= 11 is 1.52. The number of alkyl halides is 1. The van der Waals surface area contributed by atoms with Gasteiger partial charge in [0.2, 0.25) is 11.8 Å². The zero-order valence-electron chi connectivity index (χ0n) is 12.3. The number of nitrogens with two attached hydrogens (primary N) is 1. The lowest BCUT2D eigenvalue weighted by Crippen LogP contribution is -2.46. The van der Waals surface area contributed by atoms with E-state index in [1.54, 1.807) is 16.8 Å². The maximum absolute atomic E-state index is 13.5. The van der Waals surface area contributed by atoms with Crippen LogP contribution in [0.4, 0.5) is 4.39 Å². The minimum absolute atomic E-state index is 0.0485. The molecule has 0 aliphatic carbocycles. The van der Waals surface area contributed by atoms with Crippen molar-refractivity contribution in [3.63, 3.8) is 0 Å². The predicted octanol–water partition coefficient (Wildman–Crippen LogP) is 0.484. The molecule has 2 N–H and O–H groups in total. The monoisotopic (exact) mass is 305 g/mol. The Morgan fingerprint density at radius 2 is 2.20 bits per heavy atom. The van der Waals surface area contributed by atoms with E-state index in [0.29, 0.717) is 13.0 Å². The van der Waals surface area contributed by atoms with Crippen LogP contribution in [0.3, 0.4) is 0 Å². The lowest BCUT2D eigenvalue weighted by molar-refractivity contribution is -0.130. The second-order valence-corrected chi connectivity index (χ2v) is 6.27. The highest BCUT2D eigenvalue weighted by atomic mass is 32.2. The fourth-order valence-corrected chi connectivity index (χ4v) is 3.32. The van der Waals surface area contributed by atoms with Gasteiger partial charge in [-0.2, -0.15) is 11.8 Å². The molecule has 0 aromatic heterocycles. The maximum Gasteiger partial charge on any atom is 0.235 e. The highest BCUT2D eigenvalue weighted by Crippen LogP contribution is 2.22. The average Bonchev–Trinajstić information content (AvgIpc) is 2.69. The number of thioether (sulfide) groups is 1. The first kappa shape index (κ1) is 17.2. The number of amides is 2. The highest BCUT2D eigenvalue weighted by Gasteiger charge is 2.34. The van der Waals surface area contributed by atoms with E-state index >= 15 is 0 Å². The van der Waals surface area contributed by atoms with E-state index in [-0.39, 0.29) is 30.3 Å². The van der Waals surface area contributed by atoms with Crippen molar-refractivity contribution < 1.29 is 14.0 Å². The van der Waals surface area contributed by atoms with Gasteiger partial charge >= 0.3 is 0 Å². The molecule has 3 atom stereocenters.